The van der Waals surface area contributed by atoms with Gasteiger partial charge >= 0.3 is 0 Å². The van der Waals surface area contributed by atoms with Gasteiger partial charge in [0.15, 0.2) is 5.17 Å². The molecule has 0 radical (unpaired) electrons. The molecule has 0 aliphatic carbocycles. The first-order valence-electron chi connectivity index (χ1n) is 3.84. The Hall–Kier alpha value is -1.17. The zero-order chi connectivity index (χ0) is 9.59. The molecule has 0 fully saturated rings. The van der Waals surface area contributed by atoms with Gasteiger partial charge in [-0.15, -0.1) is 0 Å². The fourth-order valence-corrected chi connectivity index (χ4v) is 1.85. The second-order valence-corrected chi connectivity index (χ2v) is 4.03. The quantitative estimate of drug-likeness (QED) is 0.625. The van der Waals surface area contributed by atoms with E-state index in [0.717, 1.165) is 5.04 Å². The van der Waals surface area contributed by atoms with Crippen molar-refractivity contribution in [2.75, 3.05) is 0 Å². The van der Waals surface area contributed by atoms with E-state index < -0.39 is 5.92 Å². The van der Waals surface area contributed by atoms with Gasteiger partial charge in [-0.2, -0.15) is 15.1 Å². The maximum atomic E-state index is 11.2. The van der Waals surface area contributed by atoms with Gasteiger partial charge in [-0.1, -0.05) is 0 Å². The van der Waals surface area contributed by atoms with Crippen molar-refractivity contribution in [1.82, 2.24) is 5.01 Å². The fraction of sp³-hybridized carbons (Fsp3) is 0.429. The molecule has 0 aromatic heterocycles. The largest absolute Gasteiger partial charge is 0.286 e. The molecule has 0 saturated heterocycles. The lowest BCUT2D eigenvalue weighted by atomic mass is 10.1. The molecule has 13 heavy (non-hydrogen) atoms. The van der Waals surface area contributed by atoms with Crippen LogP contribution >= 0.6 is 11.8 Å². The third-order valence-electron chi connectivity index (χ3n) is 1.88. The van der Waals surface area contributed by atoms with E-state index in [1.165, 1.54) is 16.8 Å². The molecule has 2 aliphatic heterocycles. The van der Waals surface area contributed by atoms with Gasteiger partial charge in [0.1, 0.15) is 5.84 Å². The maximum Gasteiger partial charge on any atom is 0.258 e. The van der Waals surface area contributed by atoms with Gasteiger partial charge in [0.05, 0.1) is 11.0 Å². The number of amidine groups is 2. The minimum absolute atomic E-state index is 0.208. The van der Waals surface area contributed by atoms with Crippen LogP contribution in [0, 0.1) is 11.3 Å². The van der Waals surface area contributed by atoms with E-state index in [2.05, 4.69) is 10.1 Å². The fourth-order valence-electron chi connectivity index (χ4n) is 1.10. The summed E-state index contributed by atoms with van der Waals surface area (Å²) in [5, 5.41) is 14.5. The van der Waals surface area contributed by atoms with Gasteiger partial charge in [0, 0.05) is 0 Å². The van der Waals surface area contributed by atoms with Crippen molar-refractivity contribution < 1.29 is 4.79 Å². The molecular weight excluding hydrogens is 188 g/mol. The number of aliphatic imine (C=N–C) groups is 1. The number of thioether (sulfide) groups is 1. The van der Waals surface area contributed by atoms with E-state index in [-0.39, 0.29) is 11.7 Å². The normalized spacial score (nSPS) is 27.2. The van der Waals surface area contributed by atoms with Crippen LogP contribution in [-0.2, 0) is 4.79 Å². The number of fused-ring (bicyclic) bond motifs is 1. The molecule has 5 nitrogen and oxygen atoms in total. The van der Waals surface area contributed by atoms with Crippen LogP contribution in [0.15, 0.2) is 10.1 Å². The molecule has 6 heteroatoms. The summed E-state index contributed by atoms with van der Waals surface area (Å²) >= 11 is 1.32. The Morgan fingerprint density at radius 1 is 1.62 bits per heavy atom. The Labute approximate surface area is 79.4 Å². The third-order valence-corrected chi connectivity index (χ3v) is 2.70. The van der Waals surface area contributed by atoms with Gasteiger partial charge in [-0.3, -0.25) is 10.2 Å². The Balaban J connectivity index is 2.43. The molecule has 2 aliphatic rings. The summed E-state index contributed by atoms with van der Waals surface area (Å²) in [6.07, 6.45) is 0. The highest BCUT2D eigenvalue weighted by molar-refractivity contribution is 8.26. The predicted octanol–water partition coefficient (Wildman–Crippen LogP) is 0.878. The lowest BCUT2D eigenvalue weighted by Crippen LogP contribution is -2.39. The summed E-state index contributed by atoms with van der Waals surface area (Å²) in [5.74, 6) is -0.521. The second-order valence-electron chi connectivity index (χ2n) is 2.87. The van der Waals surface area contributed by atoms with Crippen LogP contribution in [0.25, 0.3) is 0 Å². The number of nitrogens with zero attached hydrogens (tertiary/aromatic N) is 3. The number of hydrazone groups is 1. The Morgan fingerprint density at radius 2 is 2.31 bits per heavy atom. The molecule has 1 amide bonds. The van der Waals surface area contributed by atoms with Crippen molar-refractivity contribution in [2.24, 2.45) is 16.0 Å². The van der Waals surface area contributed by atoms with Crippen LogP contribution < -0.4 is 0 Å². The summed E-state index contributed by atoms with van der Waals surface area (Å²) < 4.78 is 0. The third kappa shape index (κ3) is 1.17. The topological polar surface area (TPSA) is 68.9 Å². The molecule has 0 aromatic carbocycles. The first-order chi connectivity index (χ1) is 6.09. The zero-order valence-corrected chi connectivity index (χ0v) is 8.05. The highest BCUT2D eigenvalue weighted by Gasteiger charge is 2.35. The summed E-state index contributed by atoms with van der Waals surface area (Å²) in [5.41, 5.74) is 0. The van der Waals surface area contributed by atoms with E-state index >= 15 is 0 Å². The molecule has 2 heterocycles. The summed E-state index contributed by atoms with van der Waals surface area (Å²) in [4.78, 5) is 15.1. The summed E-state index contributed by atoms with van der Waals surface area (Å²) in [7, 11) is 0. The van der Waals surface area contributed by atoms with Crippen LogP contribution in [0.1, 0.15) is 13.8 Å². The molecule has 1 N–H and O–H groups in total. The Kier molecular flexibility index (Phi) is 1.73. The van der Waals surface area contributed by atoms with Crippen LogP contribution in [0.5, 0.6) is 0 Å². The van der Waals surface area contributed by atoms with Gasteiger partial charge in [-0.25, -0.2) is 0 Å². The van der Waals surface area contributed by atoms with Gasteiger partial charge < -0.3 is 0 Å². The van der Waals surface area contributed by atoms with Crippen LogP contribution in [0.2, 0.25) is 0 Å². The molecule has 0 aromatic rings. The number of hydrogen-bond acceptors (Lipinski definition) is 4. The van der Waals surface area contributed by atoms with E-state index in [4.69, 9.17) is 5.41 Å². The summed E-state index contributed by atoms with van der Waals surface area (Å²) in [6.45, 7) is 3.49. The first-order valence-corrected chi connectivity index (χ1v) is 4.65. The van der Waals surface area contributed by atoms with Gasteiger partial charge in [0.2, 0.25) is 0 Å². The average Bonchev–Trinajstić information content (AvgIpc) is 2.42. The van der Waals surface area contributed by atoms with E-state index in [0.29, 0.717) is 5.17 Å². The van der Waals surface area contributed by atoms with Crippen LogP contribution in [0.4, 0.5) is 0 Å². The van der Waals surface area contributed by atoms with E-state index in [1.54, 1.807) is 6.92 Å². The van der Waals surface area contributed by atoms with Crippen molar-refractivity contribution in [2.45, 2.75) is 13.8 Å². The standard InChI is InChI=1S/C7H8N4OS/c1-3-5(8)11-7(9-6(3)12)13-4(2)10-11/h3,8H,1-2H3/t3-/m0/s1. The van der Waals surface area contributed by atoms with Crippen molar-refractivity contribution in [3.8, 4) is 0 Å². The number of hydrogen-bond donors (Lipinski definition) is 1. The average molecular weight is 196 g/mol. The highest BCUT2D eigenvalue weighted by atomic mass is 32.2. The molecular formula is C7H8N4OS. The minimum Gasteiger partial charge on any atom is -0.286 e. The molecule has 0 bridgehead atoms. The molecule has 0 spiro atoms. The second kappa shape index (κ2) is 2.66. The number of carbonyl (C=O) groups is 1. The molecule has 0 saturated carbocycles. The molecule has 68 valence electrons. The molecule has 0 unspecified atom stereocenters. The monoisotopic (exact) mass is 196 g/mol. The van der Waals surface area contributed by atoms with Gasteiger partial charge in [0.25, 0.3) is 5.91 Å². The van der Waals surface area contributed by atoms with E-state index in [9.17, 15) is 4.79 Å². The Morgan fingerprint density at radius 3 is 3.00 bits per heavy atom. The van der Waals surface area contributed by atoms with Gasteiger partial charge in [-0.05, 0) is 25.6 Å². The minimum atomic E-state index is -0.473. The van der Waals surface area contributed by atoms with Crippen molar-refractivity contribution in [3.63, 3.8) is 0 Å². The lowest BCUT2D eigenvalue weighted by Gasteiger charge is -2.22. The summed E-state index contributed by atoms with van der Waals surface area (Å²) in [6, 6.07) is 0. The first kappa shape index (κ1) is 8.43. The van der Waals surface area contributed by atoms with Crippen LogP contribution in [-0.4, -0.2) is 27.0 Å². The smallest absolute Gasteiger partial charge is 0.258 e. The predicted molar refractivity (Wildman–Crippen MR) is 51.9 cm³/mol. The number of amides is 1. The van der Waals surface area contributed by atoms with Crippen molar-refractivity contribution in [3.05, 3.63) is 0 Å². The van der Waals surface area contributed by atoms with Crippen LogP contribution in [0.3, 0.4) is 0 Å². The SMILES string of the molecule is CC1=NN2C(=N)[C@H](C)C(=O)N=C2S1. The Bertz CT molecular complexity index is 360. The number of carbonyl (C=O) groups excluding carboxylic acids is 1. The van der Waals surface area contributed by atoms with E-state index in [1.807, 2.05) is 6.92 Å². The highest BCUT2D eigenvalue weighted by Crippen LogP contribution is 2.26. The number of rotatable bonds is 0. The van der Waals surface area contributed by atoms with Crippen molar-refractivity contribution >= 4 is 33.7 Å². The molecule has 1 atom stereocenters. The zero-order valence-electron chi connectivity index (χ0n) is 7.24. The lowest BCUT2D eigenvalue weighted by molar-refractivity contribution is -0.119. The molecule has 2 rings (SSSR count). The van der Waals surface area contributed by atoms with Crippen molar-refractivity contribution in [1.29, 1.82) is 5.41 Å². The maximum absolute atomic E-state index is 11.2. The number of nitrogens with one attached hydrogen (secondary N) is 1.